The summed E-state index contributed by atoms with van der Waals surface area (Å²) in [5, 5.41) is 0. The standard InChI is InChI=1S/C24H30N4O/c1-4-5-8-21-23(24(29)28-15-7-6-9-22(28)25-21)18-10-12-19(13-11-18)27(3)20-14-16-26(2)17-20/h6-7,9-13,15,20H,4-5,8,14,16-17H2,1-3H3. The number of benzene rings is 1. The third-order valence-corrected chi connectivity index (χ3v) is 6.05. The van der Waals surface area contributed by atoms with Crippen LogP contribution in [-0.2, 0) is 6.42 Å². The van der Waals surface area contributed by atoms with Crippen LogP contribution in [0.4, 0.5) is 5.69 Å². The van der Waals surface area contributed by atoms with Crippen molar-refractivity contribution in [2.45, 2.75) is 38.6 Å². The average Bonchev–Trinajstić information content (AvgIpc) is 3.18. The van der Waals surface area contributed by atoms with Crippen molar-refractivity contribution in [3.05, 3.63) is 64.7 Å². The SMILES string of the molecule is CCCCc1nc2ccccn2c(=O)c1-c1ccc(N(C)C2CCN(C)C2)cc1. The van der Waals surface area contributed by atoms with Gasteiger partial charge in [0.15, 0.2) is 0 Å². The van der Waals surface area contributed by atoms with Gasteiger partial charge in [0.2, 0.25) is 0 Å². The number of hydrogen-bond donors (Lipinski definition) is 0. The first kappa shape index (κ1) is 19.6. The fraction of sp³-hybridized carbons (Fsp3) is 0.417. The van der Waals surface area contributed by atoms with Crippen molar-refractivity contribution in [3.8, 4) is 11.1 Å². The summed E-state index contributed by atoms with van der Waals surface area (Å²) in [5.74, 6) is 0. The Balaban J connectivity index is 1.71. The zero-order valence-electron chi connectivity index (χ0n) is 17.6. The van der Waals surface area contributed by atoms with E-state index in [1.807, 2.05) is 18.2 Å². The van der Waals surface area contributed by atoms with Gasteiger partial charge in [-0.3, -0.25) is 9.20 Å². The highest BCUT2D eigenvalue weighted by Crippen LogP contribution is 2.26. The first-order valence-corrected chi connectivity index (χ1v) is 10.6. The number of rotatable bonds is 6. The molecule has 1 atom stereocenters. The number of anilines is 1. The van der Waals surface area contributed by atoms with Crippen LogP contribution in [0.2, 0.25) is 0 Å². The zero-order chi connectivity index (χ0) is 20.4. The van der Waals surface area contributed by atoms with Crippen LogP contribution in [0.25, 0.3) is 16.8 Å². The first-order chi connectivity index (χ1) is 14.1. The molecule has 0 N–H and O–H groups in total. The predicted molar refractivity (Wildman–Crippen MR) is 120 cm³/mol. The quantitative estimate of drug-likeness (QED) is 0.641. The Morgan fingerprint density at radius 3 is 2.66 bits per heavy atom. The second kappa shape index (κ2) is 8.37. The molecule has 2 aromatic heterocycles. The smallest absolute Gasteiger partial charge is 0.265 e. The molecule has 29 heavy (non-hydrogen) atoms. The Morgan fingerprint density at radius 1 is 1.17 bits per heavy atom. The van der Waals surface area contributed by atoms with Crippen molar-refractivity contribution in [1.82, 2.24) is 14.3 Å². The van der Waals surface area contributed by atoms with E-state index in [0.29, 0.717) is 11.7 Å². The predicted octanol–water partition coefficient (Wildman–Crippen LogP) is 3.84. The number of likely N-dealkylation sites (N-methyl/N-ethyl adjacent to an activating group) is 2. The summed E-state index contributed by atoms with van der Waals surface area (Å²) in [5.41, 5.74) is 4.51. The lowest BCUT2D eigenvalue weighted by molar-refractivity contribution is 0.409. The van der Waals surface area contributed by atoms with Gasteiger partial charge < -0.3 is 9.80 Å². The number of likely N-dealkylation sites (tertiary alicyclic amines) is 1. The van der Waals surface area contributed by atoms with Crippen LogP contribution in [-0.4, -0.2) is 47.5 Å². The minimum Gasteiger partial charge on any atom is -0.370 e. The Hall–Kier alpha value is -2.66. The Labute approximate surface area is 172 Å². The molecule has 3 heterocycles. The Kier molecular flexibility index (Phi) is 5.67. The van der Waals surface area contributed by atoms with Crippen molar-refractivity contribution in [2.24, 2.45) is 0 Å². The molecule has 4 rings (SSSR count). The van der Waals surface area contributed by atoms with Gasteiger partial charge in [0.1, 0.15) is 5.65 Å². The van der Waals surface area contributed by atoms with Gasteiger partial charge in [0.25, 0.3) is 5.56 Å². The minimum absolute atomic E-state index is 0.0141. The minimum atomic E-state index is 0.0141. The maximum absolute atomic E-state index is 13.3. The van der Waals surface area contributed by atoms with Crippen molar-refractivity contribution < 1.29 is 0 Å². The summed E-state index contributed by atoms with van der Waals surface area (Å²) in [6.45, 7) is 4.40. The van der Waals surface area contributed by atoms with Crippen LogP contribution in [0.3, 0.4) is 0 Å². The summed E-state index contributed by atoms with van der Waals surface area (Å²) >= 11 is 0. The van der Waals surface area contributed by atoms with E-state index in [2.05, 4.69) is 55.1 Å². The van der Waals surface area contributed by atoms with Crippen molar-refractivity contribution in [3.63, 3.8) is 0 Å². The number of nitrogens with zero attached hydrogens (tertiary/aromatic N) is 4. The van der Waals surface area contributed by atoms with Crippen LogP contribution in [0, 0.1) is 0 Å². The second-order valence-electron chi connectivity index (χ2n) is 8.13. The lowest BCUT2D eigenvalue weighted by Gasteiger charge is -2.26. The van der Waals surface area contributed by atoms with Crippen LogP contribution >= 0.6 is 0 Å². The number of unbranched alkanes of at least 4 members (excludes halogenated alkanes) is 1. The van der Waals surface area contributed by atoms with Gasteiger partial charge >= 0.3 is 0 Å². The van der Waals surface area contributed by atoms with E-state index >= 15 is 0 Å². The van der Waals surface area contributed by atoms with Gasteiger partial charge in [-0.25, -0.2) is 4.98 Å². The van der Waals surface area contributed by atoms with E-state index in [4.69, 9.17) is 4.98 Å². The summed E-state index contributed by atoms with van der Waals surface area (Å²) < 4.78 is 1.65. The van der Waals surface area contributed by atoms with Crippen LogP contribution in [0.5, 0.6) is 0 Å². The van der Waals surface area contributed by atoms with Crippen molar-refractivity contribution in [1.29, 1.82) is 0 Å². The van der Waals surface area contributed by atoms with E-state index in [0.717, 1.165) is 49.2 Å². The monoisotopic (exact) mass is 390 g/mol. The molecule has 3 aromatic rings. The van der Waals surface area contributed by atoms with Gasteiger partial charge in [-0.2, -0.15) is 0 Å². The summed E-state index contributed by atoms with van der Waals surface area (Å²) in [4.78, 5) is 22.8. The van der Waals surface area contributed by atoms with E-state index in [1.165, 1.54) is 12.1 Å². The molecular formula is C24H30N4O. The van der Waals surface area contributed by atoms with Gasteiger partial charge in [-0.1, -0.05) is 31.5 Å². The second-order valence-corrected chi connectivity index (χ2v) is 8.13. The molecule has 0 aliphatic carbocycles. The van der Waals surface area contributed by atoms with Gasteiger partial charge in [0.05, 0.1) is 11.3 Å². The summed E-state index contributed by atoms with van der Waals surface area (Å²) in [6, 6.07) is 14.7. The van der Waals surface area contributed by atoms with E-state index < -0.39 is 0 Å². The highest BCUT2D eigenvalue weighted by atomic mass is 16.1. The Morgan fingerprint density at radius 2 is 1.97 bits per heavy atom. The van der Waals surface area contributed by atoms with Crippen LogP contribution < -0.4 is 10.5 Å². The van der Waals surface area contributed by atoms with Gasteiger partial charge in [0, 0.05) is 31.5 Å². The lowest BCUT2D eigenvalue weighted by atomic mass is 10.0. The molecule has 1 fully saturated rings. The number of fused-ring (bicyclic) bond motifs is 1. The number of pyridine rings is 1. The fourth-order valence-electron chi connectivity index (χ4n) is 4.25. The van der Waals surface area contributed by atoms with E-state index in [-0.39, 0.29) is 5.56 Å². The third kappa shape index (κ3) is 3.92. The van der Waals surface area contributed by atoms with Crippen molar-refractivity contribution in [2.75, 3.05) is 32.1 Å². The molecule has 0 spiro atoms. The van der Waals surface area contributed by atoms with Crippen molar-refractivity contribution >= 4 is 11.3 Å². The topological polar surface area (TPSA) is 40.9 Å². The molecule has 5 nitrogen and oxygen atoms in total. The fourth-order valence-corrected chi connectivity index (χ4v) is 4.25. The summed E-state index contributed by atoms with van der Waals surface area (Å²) in [6.07, 6.45) is 5.91. The number of hydrogen-bond acceptors (Lipinski definition) is 4. The molecule has 0 amide bonds. The van der Waals surface area contributed by atoms with E-state index in [1.54, 1.807) is 10.6 Å². The first-order valence-electron chi connectivity index (χ1n) is 10.6. The maximum atomic E-state index is 13.3. The molecule has 1 saturated heterocycles. The molecule has 0 radical (unpaired) electrons. The molecule has 0 saturated carbocycles. The van der Waals surface area contributed by atoms with E-state index in [9.17, 15) is 4.79 Å². The zero-order valence-corrected chi connectivity index (χ0v) is 17.6. The maximum Gasteiger partial charge on any atom is 0.265 e. The third-order valence-electron chi connectivity index (χ3n) is 6.05. The van der Waals surface area contributed by atoms with Crippen LogP contribution in [0.15, 0.2) is 53.5 Å². The average molecular weight is 391 g/mol. The molecule has 1 aromatic carbocycles. The highest BCUT2D eigenvalue weighted by Gasteiger charge is 2.23. The lowest BCUT2D eigenvalue weighted by Crippen LogP contribution is -2.33. The molecule has 1 aliphatic heterocycles. The molecular weight excluding hydrogens is 360 g/mol. The molecule has 5 heteroatoms. The van der Waals surface area contributed by atoms with Crippen LogP contribution in [0.1, 0.15) is 31.9 Å². The van der Waals surface area contributed by atoms with Gasteiger partial charge in [-0.05, 0) is 62.7 Å². The normalized spacial score (nSPS) is 17.1. The molecule has 152 valence electrons. The molecule has 0 bridgehead atoms. The number of aryl methyl sites for hydroxylation is 1. The molecule has 1 unspecified atom stereocenters. The summed E-state index contributed by atoms with van der Waals surface area (Å²) in [7, 11) is 4.34. The highest BCUT2D eigenvalue weighted by molar-refractivity contribution is 5.69. The largest absolute Gasteiger partial charge is 0.370 e. The molecule has 1 aliphatic rings. The Bertz CT molecular complexity index is 1040. The van der Waals surface area contributed by atoms with Gasteiger partial charge in [-0.15, -0.1) is 0 Å². The number of aromatic nitrogens is 2.